The maximum absolute atomic E-state index is 11.3. The Kier molecular flexibility index (Phi) is 3.89. The van der Waals surface area contributed by atoms with Crippen molar-refractivity contribution in [1.29, 1.82) is 0 Å². The lowest BCUT2D eigenvalue weighted by Crippen LogP contribution is -2.57. The van der Waals surface area contributed by atoms with E-state index in [4.69, 9.17) is 0 Å². The minimum absolute atomic E-state index is 0.0654. The van der Waals surface area contributed by atoms with Gasteiger partial charge in [-0.2, -0.15) is 0 Å². The Morgan fingerprint density at radius 1 is 1.57 bits per heavy atom. The van der Waals surface area contributed by atoms with Gasteiger partial charge in [0.2, 0.25) is 5.91 Å². The molecule has 4 nitrogen and oxygen atoms in total. The van der Waals surface area contributed by atoms with Crippen LogP contribution in [0.15, 0.2) is 0 Å². The monoisotopic (exact) mass is 200 g/mol. The number of aliphatic hydroxyl groups is 1. The number of nitrogens with zero attached hydrogens (tertiary/aromatic N) is 1. The molecule has 0 aromatic carbocycles. The van der Waals surface area contributed by atoms with E-state index in [1.54, 1.807) is 6.92 Å². The van der Waals surface area contributed by atoms with E-state index in [2.05, 4.69) is 19.2 Å². The number of piperazine rings is 1. The van der Waals surface area contributed by atoms with Crippen molar-refractivity contribution in [3.8, 4) is 0 Å². The van der Waals surface area contributed by atoms with Crippen molar-refractivity contribution in [3.63, 3.8) is 0 Å². The summed E-state index contributed by atoms with van der Waals surface area (Å²) < 4.78 is 0. The summed E-state index contributed by atoms with van der Waals surface area (Å²) >= 11 is 0. The highest BCUT2D eigenvalue weighted by molar-refractivity contribution is 5.79. The summed E-state index contributed by atoms with van der Waals surface area (Å²) in [7, 11) is 0. The molecule has 1 rings (SSSR count). The quantitative estimate of drug-likeness (QED) is 0.664. The predicted octanol–water partition coefficient (Wildman–Crippen LogP) is -0.176. The number of β-amino-alcohol motifs (C(OH)–C–C–N with tert-alkyl or cyclic N) is 1. The highest BCUT2D eigenvalue weighted by atomic mass is 16.3. The molecular weight excluding hydrogens is 180 g/mol. The van der Waals surface area contributed by atoms with Crippen molar-refractivity contribution in [2.75, 3.05) is 19.6 Å². The average molecular weight is 200 g/mol. The van der Waals surface area contributed by atoms with Gasteiger partial charge in [-0.1, -0.05) is 13.8 Å². The van der Waals surface area contributed by atoms with Crippen LogP contribution in [-0.2, 0) is 4.79 Å². The van der Waals surface area contributed by atoms with Crippen molar-refractivity contribution in [1.82, 2.24) is 10.2 Å². The number of nitrogens with one attached hydrogen (secondary N) is 1. The molecule has 14 heavy (non-hydrogen) atoms. The Balaban J connectivity index is 2.49. The van der Waals surface area contributed by atoms with Crippen LogP contribution in [0.4, 0.5) is 0 Å². The van der Waals surface area contributed by atoms with Crippen molar-refractivity contribution >= 4 is 5.91 Å². The van der Waals surface area contributed by atoms with Gasteiger partial charge in [-0.05, 0) is 12.8 Å². The Morgan fingerprint density at radius 3 is 2.71 bits per heavy atom. The number of hydrogen-bond donors (Lipinski definition) is 2. The summed E-state index contributed by atoms with van der Waals surface area (Å²) in [5.41, 5.74) is 0. The molecule has 0 radical (unpaired) electrons. The molecule has 82 valence electrons. The van der Waals surface area contributed by atoms with Crippen LogP contribution >= 0.6 is 0 Å². The molecule has 4 heteroatoms. The third-order valence-corrected chi connectivity index (χ3v) is 2.50. The molecule has 0 saturated carbocycles. The maximum Gasteiger partial charge on any atom is 0.234 e. The van der Waals surface area contributed by atoms with Crippen LogP contribution in [0, 0.1) is 5.92 Å². The Hall–Kier alpha value is -0.610. The smallest absolute Gasteiger partial charge is 0.234 e. The molecule has 1 aliphatic rings. The van der Waals surface area contributed by atoms with E-state index in [-0.39, 0.29) is 18.1 Å². The topological polar surface area (TPSA) is 52.6 Å². The zero-order chi connectivity index (χ0) is 10.7. The summed E-state index contributed by atoms with van der Waals surface area (Å²) in [4.78, 5) is 13.3. The fourth-order valence-electron chi connectivity index (χ4n) is 1.73. The SMILES string of the molecule is CC(O)CN1CC(=O)NC(C(C)C)C1. The van der Waals surface area contributed by atoms with Gasteiger partial charge >= 0.3 is 0 Å². The number of carbonyl (C=O) groups excluding carboxylic acids is 1. The number of aliphatic hydroxyl groups excluding tert-OH is 1. The first kappa shape index (κ1) is 11.5. The second-order valence-corrected chi connectivity index (χ2v) is 4.46. The molecule has 1 aliphatic heterocycles. The molecule has 1 saturated heterocycles. The second kappa shape index (κ2) is 4.75. The van der Waals surface area contributed by atoms with Gasteiger partial charge in [0.1, 0.15) is 0 Å². The highest BCUT2D eigenvalue weighted by Gasteiger charge is 2.26. The number of hydrogen-bond acceptors (Lipinski definition) is 3. The fourth-order valence-corrected chi connectivity index (χ4v) is 1.73. The number of rotatable bonds is 3. The lowest BCUT2D eigenvalue weighted by Gasteiger charge is -2.35. The first-order valence-corrected chi connectivity index (χ1v) is 5.19. The molecule has 1 heterocycles. The zero-order valence-electron chi connectivity index (χ0n) is 9.16. The third-order valence-electron chi connectivity index (χ3n) is 2.50. The normalized spacial score (nSPS) is 26.4. The minimum Gasteiger partial charge on any atom is -0.392 e. The average Bonchev–Trinajstić information content (AvgIpc) is 2.01. The minimum atomic E-state index is -0.367. The molecule has 0 aromatic heterocycles. The molecule has 2 atom stereocenters. The molecule has 2 N–H and O–H groups in total. The van der Waals surface area contributed by atoms with Crippen LogP contribution in [0.3, 0.4) is 0 Å². The van der Waals surface area contributed by atoms with Gasteiger partial charge in [0.15, 0.2) is 0 Å². The van der Waals surface area contributed by atoms with E-state index in [0.717, 1.165) is 6.54 Å². The van der Waals surface area contributed by atoms with E-state index >= 15 is 0 Å². The zero-order valence-corrected chi connectivity index (χ0v) is 9.16. The van der Waals surface area contributed by atoms with E-state index in [1.807, 2.05) is 4.90 Å². The first-order valence-electron chi connectivity index (χ1n) is 5.19. The molecule has 2 unspecified atom stereocenters. The summed E-state index contributed by atoms with van der Waals surface area (Å²) in [5, 5.41) is 12.2. The summed E-state index contributed by atoms with van der Waals surface area (Å²) in [6.45, 7) is 7.77. The van der Waals surface area contributed by atoms with Crippen LogP contribution in [0.5, 0.6) is 0 Å². The van der Waals surface area contributed by atoms with Crippen LogP contribution in [-0.4, -0.2) is 47.7 Å². The van der Waals surface area contributed by atoms with E-state index in [0.29, 0.717) is 19.0 Å². The molecular formula is C10H20N2O2. The van der Waals surface area contributed by atoms with E-state index in [1.165, 1.54) is 0 Å². The number of amides is 1. The van der Waals surface area contributed by atoms with Gasteiger partial charge in [0, 0.05) is 19.1 Å². The standard InChI is InChI=1S/C10H20N2O2/c1-7(2)9-5-12(4-8(3)13)6-10(14)11-9/h7-9,13H,4-6H2,1-3H3,(H,11,14). The second-order valence-electron chi connectivity index (χ2n) is 4.46. The van der Waals surface area contributed by atoms with Crippen molar-refractivity contribution < 1.29 is 9.90 Å². The molecule has 0 aliphatic carbocycles. The first-order chi connectivity index (χ1) is 6.49. The lowest BCUT2D eigenvalue weighted by atomic mass is 10.0. The van der Waals surface area contributed by atoms with Crippen LogP contribution in [0.2, 0.25) is 0 Å². The van der Waals surface area contributed by atoms with Crippen LogP contribution < -0.4 is 5.32 Å². The number of carbonyl (C=O) groups is 1. The van der Waals surface area contributed by atoms with Gasteiger partial charge in [-0.15, -0.1) is 0 Å². The molecule has 1 fully saturated rings. The third kappa shape index (κ3) is 3.27. The van der Waals surface area contributed by atoms with E-state index in [9.17, 15) is 9.90 Å². The van der Waals surface area contributed by atoms with Gasteiger partial charge in [0.05, 0.1) is 12.6 Å². The van der Waals surface area contributed by atoms with Gasteiger partial charge in [-0.25, -0.2) is 0 Å². The summed E-state index contributed by atoms with van der Waals surface area (Å²) in [6, 6.07) is 0.218. The predicted molar refractivity (Wildman–Crippen MR) is 54.9 cm³/mol. The molecule has 0 bridgehead atoms. The van der Waals surface area contributed by atoms with Gasteiger partial charge < -0.3 is 10.4 Å². The van der Waals surface area contributed by atoms with Gasteiger partial charge in [-0.3, -0.25) is 9.69 Å². The van der Waals surface area contributed by atoms with E-state index < -0.39 is 0 Å². The fraction of sp³-hybridized carbons (Fsp3) is 0.900. The highest BCUT2D eigenvalue weighted by Crippen LogP contribution is 2.09. The van der Waals surface area contributed by atoms with Crippen molar-refractivity contribution in [3.05, 3.63) is 0 Å². The van der Waals surface area contributed by atoms with Crippen molar-refractivity contribution in [2.24, 2.45) is 5.92 Å². The van der Waals surface area contributed by atoms with Gasteiger partial charge in [0.25, 0.3) is 0 Å². The van der Waals surface area contributed by atoms with Crippen LogP contribution in [0.25, 0.3) is 0 Å². The Labute approximate surface area is 85.3 Å². The summed E-state index contributed by atoms with van der Waals surface area (Å²) in [5.74, 6) is 0.506. The molecule has 0 aromatic rings. The summed E-state index contributed by atoms with van der Waals surface area (Å²) in [6.07, 6.45) is -0.367. The maximum atomic E-state index is 11.3. The molecule has 0 spiro atoms. The largest absolute Gasteiger partial charge is 0.392 e. The van der Waals surface area contributed by atoms with Crippen molar-refractivity contribution in [2.45, 2.75) is 32.9 Å². The molecule has 1 amide bonds. The Morgan fingerprint density at radius 2 is 2.21 bits per heavy atom. The Bertz CT molecular complexity index is 204. The lowest BCUT2D eigenvalue weighted by molar-refractivity contribution is -0.126. The van der Waals surface area contributed by atoms with Crippen LogP contribution in [0.1, 0.15) is 20.8 Å².